The molecular formula is C23H30N4O3. The van der Waals surface area contributed by atoms with Crippen LogP contribution in [0.3, 0.4) is 0 Å². The van der Waals surface area contributed by atoms with Crippen LogP contribution in [-0.4, -0.2) is 54.3 Å². The van der Waals surface area contributed by atoms with Gasteiger partial charge in [0.25, 0.3) is 0 Å². The maximum atomic E-state index is 12.3. The smallest absolute Gasteiger partial charge is 0.226 e. The van der Waals surface area contributed by atoms with Gasteiger partial charge >= 0.3 is 0 Å². The van der Waals surface area contributed by atoms with E-state index in [-0.39, 0.29) is 23.5 Å². The number of carbonyl (C=O) groups excluding carboxylic acids is 1. The zero-order valence-electron chi connectivity index (χ0n) is 17.6. The molecule has 7 nitrogen and oxygen atoms in total. The largest absolute Gasteiger partial charge is 0.490 e. The van der Waals surface area contributed by atoms with E-state index in [1.807, 2.05) is 6.20 Å². The van der Waals surface area contributed by atoms with Crippen molar-refractivity contribution in [1.82, 2.24) is 15.3 Å². The van der Waals surface area contributed by atoms with E-state index in [0.29, 0.717) is 0 Å². The highest BCUT2D eigenvalue weighted by Gasteiger charge is 2.45. The second-order valence-corrected chi connectivity index (χ2v) is 9.12. The number of amides is 1. The van der Waals surface area contributed by atoms with E-state index < -0.39 is 0 Å². The topological polar surface area (TPSA) is 76.6 Å². The first-order valence-electron chi connectivity index (χ1n) is 11.1. The second-order valence-electron chi connectivity index (χ2n) is 9.12. The van der Waals surface area contributed by atoms with E-state index >= 15 is 0 Å². The summed E-state index contributed by atoms with van der Waals surface area (Å²) in [5.74, 6) is 1.08. The van der Waals surface area contributed by atoms with Gasteiger partial charge in [-0.2, -0.15) is 0 Å². The number of rotatable bonds is 5. The van der Waals surface area contributed by atoms with Crippen LogP contribution in [-0.2, 0) is 9.53 Å². The van der Waals surface area contributed by atoms with E-state index in [2.05, 4.69) is 39.2 Å². The summed E-state index contributed by atoms with van der Waals surface area (Å²) in [4.78, 5) is 23.3. The molecule has 3 aliphatic rings. The summed E-state index contributed by atoms with van der Waals surface area (Å²) in [6, 6.07) is 4.51. The molecule has 1 N–H and O–H groups in total. The lowest BCUT2D eigenvalue weighted by Crippen LogP contribution is -2.42. The third-order valence-corrected chi connectivity index (χ3v) is 6.80. The minimum absolute atomic E-state index is 0.105. The molecule has 1 aromatic heterocycles. The number of anilines is 1. The third-order valence-electron chi connectivity index (χ3n) is 6.80. The molecule has 1 aromatic carbocycles. The Hall–Kier alpha value is -2.41. The van der Waals surface area contributed by atoms with Crippen molar-refractivity contribution >= 4 is 22.5 Å². The van der Waals surface area contributed by atoms with Crippen LogP contribution in [0.5, 0.6) is 5.75 Å². The number of carbonyl (C=O) groups is 1. The number of nitrogens with one attached hydrogen (secondary N) is 1. The normalized spacial score (nSPS) is 25.7. The number of benzene rings is 1. The Balaban J connectivity index is 1.27. The Labute approximate surface area is 177 Å². The maximum absolute atomic E-state index is 12.3. The first kappa shape index (κ1) is 19.5. The second kappa shape index (κ2) is 8.02. The number of hydrogen-bond donors (Lipinski definition) is 1. The molecule has 2 aliphatic carbocycles. The van der Waals surface area contributed by atoms with Crippen molar-refractivity contribution in [2.24, 2.45) is 5.41 Å². The minimum Gasteiger partial charge on any atom is -0.490 e. The van der Waals surface area contributed by atoms with Gasteiger partial charge in [-0.1, -0.05) is 6.92 Å². The molecule has 5 rings (SSSR count). The quantitative estimate of drug-likeness (QED) is 0.816. The molecule has 0 bridgehead atoms. The number of ether oxygens (including phenoxy) is 2. The Bertz CT molecular complexity index is 916. The molecule has 160 valence electrons. The molecule has 1 aliphatic heterocycles. The fraction of sp³-hybridized carbons (Fsp3) is 0.609. The van der Waals surface area contributed by atoms with Gasteiger partial charge < -0.3 is 19.7 Å². The highest BCUT2D eigenvalue weighted by Crippen LogP contribution is 2.45. The summed E-state index contributed by atoms with van der Waals surface area (Å²) in [5, 5.41) is 4.21. The monoisotopic (exact) mass is 410 g/mol. The van der Waals surface area contributed by atoms with Gasteiger partial charge in [-0.3, -0.25) is 4.79 Å². The Kier molecular flexibility index (Phi) is 5.23. The number of morpholine rings is 1. The SMILES string of the molecule is CC1(C(=O)NC2CCC(Oc3cc(N4CCOCC4)cc4ncncc34)CC2)CC1. The molecular weight excluding hydrogens is 380 g/mol. The third kappa shape index (κ3) is 4.08. The van der Waals surface area contributed by atoms with E-state index in [4.69, 9.17) is 9.47 Å². The minimum atomic E-state index is -0.105. The Morgan fingerprint density at radius 2 is 1.97 bits per heavy atom. The van der Waals surface area contributed by atoms with Gasteiger partial charge in [0, 0.05) is 42.5 Å². The fourth-order valence-corrected chi connectivity index (χ4v) is 4.42. The fourth-order valence-electron chi connectivity index (χ4n) is 4.42. The maximum Gasteiger partial charge on any atom is 0.226 e. The highest BCUT2D eigenvalue weighted by atomic mass is 16.5. The van der Waals surface area contributed by atoms with Crippen LogP contribution < -0.4 is 15.0 Å². The van der Waals surface area contributed by atoms with Crippen LogP contribution in [0.15, 0.2) is 24.7 Å². The van der Waals surface area contributed by atoms with Gasteiger partial charge in [0.1, 0.15) is 12.1 Å². The first-order chi connectivity index (χ1) is 14.6. The summed E-state index contributed by atoms with van der Waals surface area (Å²) >= 11 is 0. The molecule has 0 radical (unpaired) electrons. The average molecular weight is 411 g/mol. The van der Waals surface area contributed by atoms with Gasteiger partial charge in [0.2, 0.25) is 5.91 Å². The van der Waals surface area contributed by atoms with Crippen molar-refractivity contribution in [3.63, 3.8) is 0 Å². The lowest BCUT2D eigenvalue weighted by Gasteiger charge is -2.32. The molecule has 2 saturated carbocycles. The van der Waals surface area contributed by atoms with E-state index in [1.54, 1.807) is 6.33 Å². The van der Waals surface area contributed by atoms with E-state index in [9.17, 15) is 4.79 Å². The van der Waals surface area contributed by atoms with Crippen molar-refractivity contribution in [2.75, 3.05) is 31.2 Å². The van der Waals surface area contributed by atoms with Crippen LogP contribution >= 0.6 is 0 Å². The molecule has 1 saturated heterocycles. The Morgan fingerprint density at radius 3 is 2.70 bits per heavy atom. The van der Waals surface area contributed by atoms with Crippen molar-refractivity contribution in [3.05, 3.63) is 24.7 Å². The number of fused-ring (bicyclic) bond motifs is 1. The molecule has 30 heavy (non-hydrogen) atoms. The van der Waals surface area contributed by atoms with Crippen molar-refractivity contribution in [2.45, 2.75) is 57.6 Å². The molecule has 2 heterocycles. The zero-order valence-corrected chi connectivity index (χ0v) is 17.6. The number of aromatic nitrogens is 2. The molecule has 7 heteroatoms. The summed E-state index contributed by atoms with van der Waals surface area (Å²) in [6.45, 7) is 5.30. The summed E-state index contributed by atoms with van der Waals surface area (Å²) in [5.41, 5.74) is 1.92. The first-order valence-corrected chi connectivity index (χ1v) is 11.1. The van der Waals surface area contributed by atoms with Gasteiger partial charge in [0.15, 0.2) is 0 Å². The zero-order chi connectivity index (χ0) is 20.6. The number of hydrogen-bond acceptors (Lipinski definition) is 6. The molecule has 0 unspecified atom stereocenters. The van der Waals surface area contributed by atoms with Gasteiger partial charge in [-0.15, -0.1) is 0 Å². The average Bonchev–Trinajstić information content (AvgIpc) is 3.54. The van der Waals surface area contributed by atoms with Crippen molar-refractivity contribution in [3.8, 4) is 5.75 Å². The van der Waals surface area contributed by atoms with Gasteiger partial charge in [0.05, 0.1) is 30.2 Å². The van der Waals surface area contributed by atoms with Crippen LogP contribution in [0.4, 0.5) is 5.69 Å². The molecule has 0 spiro atoms. The molecule has 3 fully saturated rings. The predicted octanol–water partition coefficient (Wildman–Crippen LogP) is 3.07. The highest BCUT2D eigenvalue weighted by molar-refractivity contribution is 5.88. The summed E-state index contributed by atoms with van der Waals surface area (Å²) < 4.78 is 12.0. The number of nitrogens with zero attached hydrogens (tertiary/aromatic N) is 3. The Morgan fingerprint density at radius 1 is 1.20 bits per heavy atom. The molecule has 1 amide bonds. The van der Waals surface area contributed by atoms with Crippen LogP contribution in [0, 0.1) is 5.41 Å². The van der Waals surface area contributed by atoms with Gasteiger partial charge in [-0.25, -0.2) is 9.97 Å². The van der Waals surface area contributed by atoms with Crippen LogP contribution in [0.2, 0.25) is 0 Å². The summed E-state index contributed by atoms with van der Waals surface area (Å²) in [6.07, 6.45) is 9.42. The predicted molar refractivity (Wildman–Crippen MR) is 115 cm³/mol. The molecule has 0 atom stereocenters. The van der Waals surface area contributed by atoms with E-state index in [1.165, 1.54) is 0 Å². The van der Waals surface area contributed by atoms with Gasteiger partial charge in [-0.05, 0) is 44.6 Å². The standard InChI is InChI=1S/C23H30N4O3/c1-23(6-7-23)22(28)26-16-2-4-18(5-3-16)30-21-13-17(27-8-10-29-11-9-27)12-20-19(21)14-24-15-25-20/h12-16,18H,2-11H2,1H3,(H,26,28). The van der Waals surface area contributed by atoms with Crippen molar-refractivity contribution < 1.29 is 14.3 Å². The van der Waals surface area contributed by atoms with Crippen LogP contribution in [0.25, 0.3) is 10.9 Å². The van der Waals surface area contributed by atoms with Crippen LogP contribution in [0.1, 0.15) is 45.4 Å². The molecule has 2 aromatic rings. The van der Waals surface area contributed by atoms with E-state index in [0.717, 1.165) is 87.2 Å². The summed E-state index contributed by atoms with van der Waals surface area (Å²) in [7, 11) is 0. The lowest BCUT2D eigenvalue weighted by atomic mass is 9.92. The van der Waals surface area contributed by atoms with Crippen molar-refractivity contribution in [1.29, 1.82) is 0 Å². The lowest BCUT2D eigenvalue weighted by molar-refractivity contribution is -0.126.